The molecule has 1 saturated heterocycles. The third-order valence-electron chi connectivity index (χ3n) is 4.90. The van der Waals surface area contributed by atoms with Crippen LogP contribution in [0.15, 0.2) is 28.7 Å². The lowest BCUT2D eigenvalue weighted by Crippen LogP contribution is -2.43. The number of carbonyl (C=O) groups is 1. The highest BCUT2D eigenvalue weighted by Crippen LogP contribution is 2.33. The van der Waals surface area contributed by atoms with Crippen molar-refractivity contribution in [1.29, 1.82) is 0 Å². The lowest BCUT2D eigenvalue weighted by Gasteiger charge is -2.24. The van der Waals surface area contributed by atoms with Crippen LogP contribution >= 0.6 is 28.3 Å². The minimum absolute atomic E-state index is 0. The van der Waals surface area contributed by atoms with Crippen LogP contribution in [0.1, 0.15) is 37.7 Å². The molecule has 3 atom stereocenters. The maximum atomic E-state index is 12.7. The summed E-state index contributed by atoms with van der Waals surface area (Å²) in [6.07, 6.45) is 6.18. The zero-order valence-corrected chi connectivity index (χ0v) is 15.3. The van der Waals surface area contributed by atoms with Gasteiger partial charge in [-0.05, 0) is 36.8 Å². The van der Waals surface area contributed by atoms with Crippen molar-refractivity contribution in [2.24, 2.45) is 5.92 Å². The monoisotopic (exact) mass is 386 g/mol. The molecule has 2 aliphatic rings. The Balaban J connectivity index is 0.00000176. The summed E-state index contributed by atoms with van der Waals surface area (Å²) in [5.41, 5.74) is 1.16. The van der Waals surface area contributed by atoms with Gasteiger partial charge in [-0.25, -0.2) is 0 Å². The molecular weight excluding hydrogens is 364 g/mol. The van der Waals surface area contributed by atoms with Crippen molar-refractivity contribution in [2.45, 2.75) is 50.7 Å². The average molecular weight is 388 g/mol. The standard InChI is InChI=1S/C17H23BrN2O.ClH/c1-20(11-13-7-2-4-8-14(13)18)17(21)16-10-12-6-3-5-9-15(12)19-16;/h2,4,7-8,12,15-16,19H,3,5-6,9-11H2,1H3;1H. The normalized spacial score (nSPS) is 26.9. The second-order valence-electron chi connectivity index (χ2n) is 6.39. The molecule has 1 aromatic rings. The van der Waals surface area contributed by atoms with Crippen LogP contribution in [0, 0.1) is 5.92 Å². The summed E-state index contributed by atoms with van der Waals surface area (Å²) in [6.45, 7) is 0.660. The van der Waals surface area contributed by atoms with Gasteiger partial charge in [-0.15, -0.1) is 12.4 Å². The van der Waals surface area contributed by atoms with Crippen molar-refractivity contribution in [3.63, 3.8) is 0 Å². The van der Waals surface area contributed by atoms with Crippen LogP contribution in [0.25, 0.3) is 0 Å². The second-order valence-corrected chi connectivity index (χ2v) is 7.25. The van der Waals surface area contributed by atoms with E-state index in [2.05, 4.69) is 27.3 Å². The predicted octanol–water partition coefficient (Wildman–Crippen LogP) is 3.75. The molecule has 1 heterocycles. The van der Waals surface area contributed by atoms with E-state index < -0.39 is 0 Å². The van der Waals surface area contributed by atoms with Gasteiger partial charge in [0.25, 0.3) is 0 Å². The van der Waals surface area contributed by atoms with E-state index in [0.717, 1.165) is 16.5 Å². The van der Waals surface area contributed by atoms with Gasteiger partial charge in [0.15, 0.2) is 0 Å². The van der Waals surface area contributed by atoms with Crippen LogP contribution in [0.2, 0.25) is 0 Å². The lowest BCUT2D eigenvalue weighted by atomic mass is 9.85. The molecule has 1 aliphatic heterocycles. The zero-order valence-electron chi connectivity index (χ0n) is 12.9. The highest BCUT2D eigenvalue weighted by atomic mass is 79.9. The van der Waals surface area contributed by atoms with E-state index in [1.165, 1.54) is 25.7 Å². The first-order valence-electron chi connectivity index (χ1n) is 7.89. The van der Waals surface area contributed by atoms with Crippen molar-refractivity contribution in [1.82, 2.24) is 10.2 Å². The van der Waals surface area contributed by atoms with Crippen LogP contribution in [0.3, 0.4) is 0 Å². The Kier molecular flexibility index (Phi) is 6.30. The van der Waals surface area contributed by atoms with Crippen LogP contribution in [-0.4, -0.2) is 29.9 Å². The van der Waals surface area contributed by atoms with Gasteiger partial charge in [-0.3, -0.25) is 4.79 Å². The Morgan fingerprint density at radius 2 is 2.05 bits per heavy atom. The summed E-state index contributed by atoms with van der Waals surface area (Å²) in [6, 6.07) is 8.70. The first-order chi connectivity index (χ1) is 10.1. The molecule has 1 amide bonds. The smallest absolute Gasteiger partial charge is 0.239 e. The number of nitrogens with one attached hydrogen (secondary N) is 1. The third-order valence-corrected chi connectivity index (χ3v) is 5.68. The van der Waals surface area contributed by atoms with Gasteiger partial charge in [0.05, 0.1) is 6.04 Å². The summed E-state index contributed by atoms with van der Waals surface area (Å²) in [5, 5.41) is 3.57. The van der Waals surface area contributed by atoms with Crippen LogP contribution in [-0.2, 0) is 11.3 Å². The Labute approximate surface area is 147 Å². The molecular formula is C17H24BrClN2O. The van der Waals surface area contributed by atoms with E-state index in [-0.39, 0.29) is 24.4 Å². The Morgan fingerprint density at radius 3 is 2.77 bits per heavy atom. The molecule has 0 bridgehead atoms. The summed E-state index contributed by atoms with van der Waals surface area (Å²) < 4.78 is 1.07. The maximum absolute atomic E-state index is 12.7. The molecule has 122 valence electrons. The minimum atomic E-state index is 0. The van der Waals surface area contributed by atoms with Crippen LogP contribution < -0.4 is 5.32 Å². The van der Waals surface area contributed by atoms with Crippen molar-refractivity contribution in [2.75, 3.05) is 7.05 Å². The lowest BCUT2D eigenvalue weighted by molar-refractivity contribution is -0.132. The number of likely N-dealkylation sites (N-methyl/N-ethyl adjacent to an activating group) is 1. The number of hydrogen-bond donors (Lipinski definition) is 1. The van der Waals surface area contributed by atoms with E-state index in [1.54, 1.807) is 0 Å². The number of halogens is 2. The fourth-order valence-corrected chi connectivity index (χ4v) is 4.15. The molecule has 1 N–H and O–H groups in total. The highest BCUT2D eigenvalue weighted by Gasteiger charge is 2.39. The molecule has 3 rings (SSSR count). The summed E-state index contributed by atoms with van der Waals surface area (Å²) in [7, 11) is 1.91. The van der Waals surface area contributed by atoms with Gasteiger partial charge in [0.1, 0.15) is 0 Å². The Hall–Kier alpha value is -0.580. The zero-order chi connectivity index (χ0) is 14.8. The van der Waals surface area contributed by atoms with Gasteiger partial charge in [-0.1, -0.05) is 47.0 Å². The number of fused-ring (bicyclic) bond motifs is 1. The molecule has 1 aliphatic carbocycles. The molecule has 2 fully saturated rings. The quantitative estimate of drug-likeness (QED) is 0.856. The number of benzene rings is 1. The van der Waals surface area contributed by atoms with E-state index in [1.807, 2.05) is 30.1 Å². The van der Waals surface area contributed by atoms with Gasteiger partial charge < -0.3 is 10.2 Å². The first-order valence-corrected chi connectivity index (χ1v) is 8.69. The van der Waals surface area contributed by atoms with Gasteiger partial charge in [-0.2, -0.15) is 0 Å². The molecule has 3 nitrogen and oxygen atoms in total. The summed E-state index contributed by atoms with van der Waals surface area (Å²) >= 11 is 3.55. The summed E-state index contributed by atoms with van der Waals surface area (Å²) in [4.78, 5) is 14.5. The van der Waals surface area contributed by atoms with Crippen molar-refractivity contribution >= 4 is 34.2 Å². The van der Waals surface area contributed by atoms with Gasteiger partial charge in [0, 0.05) is 24.1 Å². The van der Waals surface area contributed by atoms with Crippen LogP contribution in [0.4, 0.5) is 0 Å². The van der Waals surface area contributed by atoms with Crippen molar-refractivity contribution < 1.29 is 4.79 Å². The van der Waals surface area contributed by atoms with Gasteiger partial charge >= 0.3 is 0 Å². The second kappa shape index (κ2) is 7.80. The van der Waals surface area contributed by atoms with Crippen LogP contribution in [0.5, 0.6) is 0 Å². The molecule has 1 aromatic carbocycles. The third kappa shape index (κ3) is 3.84. The average Bonchev–Trinajstić information content (AvgIpc) is 2.92. The molecule has 5 heteroatoms. The van der Waals surface area contributed by atoms with Gasteiger partial charge in [0.2, 0.25) is 5.91 Å². The number of rotatable bonds is 3. The van der Waals surface area contributed by atoms with E-state index in [0.29, 0.717) is 18.5 Å². The SMILES string of the molecule is CN(Cc1ccccc1Br)C(=O)C1CC2CCCCC2N1.Cl. The predicted molar refractivity (Wildman–Crippen MR) is 95.2 cm³/mol. The fourth-order valence-electron chi connectivity index (χ4n) is 3.74. The van der Waals surface area contributed by atoms with Crippen molar-refractivity contribution in [3.8, 4) is 0 Å². The van der Waals surface area contributed by atoms with E-state index >= 15 is 0 Å². The maximum Gasteiger partial charge on any atom is 0.239 e. The Morgan fingerprint density at radius 1 is 1.32 bits per heavy atom. The molecule has 0 aromatic heterocycles. The molecule has 3 unspecified atom stereocenters. The van der Waals surface area contributed by atoms with E-state index in [9.17, 15) is 4.79 Å². The number of carbonyl (C=O) groups excluding carboxylic acids is 1. The van der Waals surface area contributed by atoms with Crippen molar-refractivity contribution in [3.05, 3.63) is 34.3 Å². The molecule has 0 spiro atoms. The largest absolute Gasteiger partial charge is 0.340 e. The molecule has 22 heavy (non-hydrogen) atoms. The number of nitrogens with zero attached hydrogens (tertiary/aromatic N) is 1. The number of amides is 1. The fraction of sp³-hybridized carbons (Fsp3) is 0.588. The highest BCUT2D eigenvalue weighted by molar-refractivity contribution is 9.10. The molecule has 1 saturated carbocycles. The topological polar surface area (TPSA) is 32.3 Å². The van der Waals surface area contributed by atoms with E-state index in [4.69, 9.17) is 0 Å². The molecule has 0 radical (unpaired) electrons. The summed E-state index contributed by atoms with van der Waals surface area (Å²) in [5.74, 6) is 0.949. The number of hydrogen-bond acceptors (Lipinski definition) is 2. The Bertz CT molecular complexity index is 511. The first kappa shape index (κ1) is 17.8. The minimum Gasteiger partial charge on any atom is -0.340 e.